The monoisotopic (exact) mass is 314 g/mol. The summed E-state index contributed by atoms with van der Waals surface area (Å²) in [5.74, 6) is 1.37. The molecule has 0 aliphatic heterocycles. The minimum Gasteiger partial charge on any atom is -0.366 e. The fraction of sp³-hybridized carbons (Fsp3) is 0.182. The molecule has 4 aliphatic rings. The molecule has 0 saturated carbocycles. The molecular formula is C22H18O2+. The van der Waals surface area contributed by atoms with Crippen molar-refractivity contribution in [3.63, 3.8) is 0 Å². The summed E-state index contributed by atoms with van der Waals surface area (Å²) >= 11 is 0. The minimum absolute atomic E-state index is 0.211. The molecule has 2 aromatic rings. The molecule has 6 rings (SSSR count). The lowest BCUT2D eigenvalue weighted by Crippen LogP contribution is -2.35. The van der Waals surface area contributed by atoms with Crippen molar-refractivity contribution in [1.82, 2.24) is 0 Å². The van der Waals surface area contributed by atoms with E-state index in [0.29, 0.717) is 0 Å². The SMILES string of the molecule is CO[C]1C=CC(=[O+]C)C2=C1C1c3ccccc3C2c2ccccc21. The molecule has 2 heteroatoms. The van der Waals surface area contributed by atoms with E-state index < -0.39 is 0 Å². The second-order valence-electron chi connectivity index (χ2n) is 6.42. The molecule has 0 spiro atoms. The number of rotatable bonds is 1. The van der Waals surface area contributed by atoms with E-state index >= 15 is 0 Å². The smallest absolute Gasteiger partial charge is 0.347 e. The summed E-state index contributed by atoms with van der Waals surface area (Å²) < 4.78 is 11.5. The van der Waals surface area contributed by atoms with E-state index in [4.69, 9.17) is 9.16 Å². The number of ketones is 1. The van der Waals surface area contributed by atoms with E-state index in [1.54, 1.807) is 14.2 Å². The van der Waals surface area contributed by atoms with Crippen LogP contribution in [0.1, 0.15) is 34.1 Å². The first-order valence-electron chi connectivity index (χ1n) is 8.27. The normalized spacial score (nSPS) is 25.7. The van der Waals surface area contributed by atoms with Crippen molar-refractivity contribution >= 4 is 5.78 Å². The van der Waals surface area contributed by atoms with Crippen LogP contribution in [-0.4, -0.2) is 20.0 Å². The number of ether oxygens (including phenoxy) is 1. The van der Waals surface area contributed by atoms with Crippen LogP contribution in [0.15, 0.2) is 71.8 Å². The number of hydrogen-bond acceptors (Lipinski definition) is 1. The number of benzene rings is 2. The average molecular weight is 314 g/mol. The number of carbonyl (C=O) groups excluding carboxylic acids is 1. The largest absolute Gasteiger partial charge is 0.366 e. The van der Waals surface area contributed by atoms with Gasteiger partial charge < -0.3 is 4.74 Å². The Hall–Kier alpha value is -2.45. The van der Waals surface area contributed by atoms with Gasteiger partial charge in [-0.05, 0) is 33.9 Å². The van der Waals surface area contributed by atoms with Crippen LogP contribution in [0.25, 0.3) is 0 Å². The molecule has 0 heterocycles. The van der Waals surface area contributed by atoms with Crippen molar-refractivity contribution in [1.29, 1.82) is 0 Å². The Balaban J connectivity index is 1.87. The molecule has 117 valence electrons. The maximum Gasteiger partial charge on any atom is 0.347 e. The lowest BCUT2D eigenvalue weighted by molar-refractivity contribution is -0.418. The summed E-state index contributed by atoms with van der Waals surface area (Å²) in [4.78, 5) is 0. The molecule has 0 aromatic heterocycles. The molecule has 2 nitrogen and oxygen atoms in total. The first-order valence-corrected chi connectivity index (χ1v) is 8.27. The van der Waals surface area contributed by atoms with Gasteiger partial charge in [0.25, 0.3) is 7.11 Å². The predicted octanol–water partition coefficient (Wildman–Crippen LogP) is 4.06. The predicted molar refractivity (Wildman–Crippen MR) is 93.9 cm³/mol. The molecule has 0 N–H and O–H groups in total. The van der Waals surface area contributed by atoms with E-state index in [9.17, 15) is 0 Å². The third-order valence-corrected chi connectivity index (χ3v) is 5.46. The molecule has 1 radical (unpaired) electrons. The summed E-state index contributed by atoms with van der Waals surface area (Å²) in [6, 6.07) is 17.6. The average Bonchev–Trinajstić information content (AvgIpc) is 2.66. The maximum atomic E-state index is 5.74. The Labute approximate surface area is 141 Å². The van der Waals surface area contributed by atoms with Crippen molar-refractivity contribution in [2.75, 3.05) is 14.2 Å². The molecule has 0 atom stereocenters. The summed E-state index contributed by atoms with van der Waals surface area (Å²) in [7, 11) is 3.50. The standard InChI is InChI=1S/C22H18O2/c1-23-17-11-12-18(24-2)22-20-15-9-5-3-7-13(15)19(21(17)22)14-8-4-6-10-16(14)20/h3-12,19-20H,1-2H3/q+1. The van der Waals surface area contributed by atoms with E-state index in [-0.39, 0.29) is 11.8 Å². The Morgan fingerprint density at radius 1 is 0.750 bits per heavy atom. The second kappa shape index (κ2) is 5.02. The van der Waals surface area contributed by atoms with Gasteiger partial charge in [-0.3, -0.25) is 4.42 Å². The lowest BCUT2D eigenvalue weighted by Gasteiger charge is -2.44. The van der Waals surface area contributed by atoms with Gasteiger partial charge in [0.05, 0.1) is 5.57 Å². The van der Waals surface area contributed by atoms with Crippen molar-refractivity contribution < 1.29 is 9.16 Å². The molecule has 2 bridgehead atoms. The molecule has 0 fully saturated rings. The molecule has 24 heavy (non-hydrogen) atoms. The number of methoxy groups -OCH3 is 1. The van der Waals surface area contributed by atoms with Crippen LogP contribution in [0, 0.1) is 6.10 Å². The van der Waals surface area contributed by atoms with Crippen LogP contribution < -0.4 is 0 Å². The van der Waals surface area contributed by atoms with Gasteiger partial charge in [0.2, 0.25) is 0 Å². The zero-order valence-electron chi connectivity index (χ0n) is 13.7. The van der Waals surface area contributed by atoms with Crippen LogP contribution in [0.4, 0.5) is 0 Å². The third kappa shape index (κ3) is 1.61. The Bertz CT molecular complexity index is 885. The summed E-state index contributed by atoms with van der Waals surface area (Å²) in [6.07, 6.45) is 5.01. The minimum atomic E-state index is 0.211. The van der Waals surface area contributed by atoms with Gasteiger partial charge in [-0.25, -0.2) is 0 Å². The maximum absolute atomic E-state index is 5.74. The summed E-state index contributed by atoms with van der Waals surface area (Å²) in [5, 5.41) is 0. The van der Waals surface area contributed by atoms with Crippen molar-refractivity contribution in [3.8, 4) is 0 Å². The van der Waals surface area contributed by atoms with Crippen LogP contribution >= 0.6 is 0 Å². The molecule has 0 saturated heterocycles. The molecule has 2 aromatic carbocycles. The highest BCUT2D eigenvalue weighted by atomic mass is 16.5. The van der Waals surface area contributed by atoms with Crippen molar-refractivity contribution in [3.05, 3.63) is 100 Å². The zero-order valence-corrected chi connectivity index (χ0v) is 13.7. The third-order valence-electron chi connectivity index (χ3n) is 5.46. The fourth-order valence-electron chi connectivity index (χ4n) is 4.58. The molecule has 0 unspecified atom stereocenters. The van der Waals surface area contributed by atoms with E-state index in [2.05, 4.69) is 48.5 Å². The lowest BCUT2D eigenvalue weighted by atomic mass is 9.58. The fourth-order valence-corrected chi connectivity index (χ4v) is 4.58. The van der Waals surface area contributed by atoms with Crippen molar-refractivity contribution in [2.45, 2.75) is 11.8 Å². The quantitative estimate of drug-likeness (QED) is 0.727. The van der Waals surface area contributed by atoms with Crippen LogP contribution in [-0.2, 0) is 9.16 Å². The van der Waals surface area contributed by atoms with Crippen LogP contribution in [0.5, 0.6) is 0 Å². The van der Waals surface area contributed by atoms with Gasteiger partial charge in [-0.2, -0.15) is 0 Å². The van der Waals surface area contributed by atoms with E-state index in [0.717, 1.165) is 11.9 Å². The topological polar surface area (TPSA) is 20.5 Å². The highest BCUT2D eigenvalue weighted by Gasteiger charge is 2.49. The number of allylic oxidation sites excluding steroid dienone is 2. The van der Waals surface area contributed by atoms with E-state index in [1.807, 2.05) is 12.2 Å². The Morgan fingerprint density at radius 2 is 1.25 bits per heavy atom. The van der Waals surface area contributed by atoms with Gasteiger partial charge in [0.1, 0.15) is 6.10 Å². The summed E-state index contributed by atoms with van der Waals surface area (Å²) in [6.45, 7) is 0. The second-order valence-corrected chi connectivity index (χ2v) is 6.42. The Kier molecular flexibility index (Phi) is 2.92. The van der Waals surface area contributed by atoms with Crippen LogP contribution in [0.3, 0.4) is 0 Å². The van der Waals surface area contributed by atoms with Crippen LogP contribution in [0.2, 0.25) is 0 Å². The van der Waals surface area contributed by atoms with Gasteiger partial charge >= 0.3 is 5.78 Å². The Morgan fingerprint density at radius 3 is 1.71 bits per heavy atom. The highest BCUT2D eigenvalue weighted by Crippen LogP contribution is 2.58. The molecule has 4 aliphatic carbocycles. The summed E-state index contributed by atoms with van der Waals surface area (Å²) in [5.41, 5.74) is 8.08. The van der Waals surface area contributed by atoms with E-state index in [1.165, 1.54) is 33.4 Å². The zero-order chi connectivity index (χ0) is 16.3. The highest BCUT2D eigenvalue weighted by molar-refractivity contribution is 6.10. The van der Waals surface area contributed by atoms with Crippen molar-refractivity contribution in [2.24, 2.45) is 0 Å². The first-order chi connectivity index (χ1) is 11.8. The van der Waals surface area contributed by atoms with Gasteiger partial charge in [-0.1, -0.05) is 48.5 Å². The van der Waals surface area contributed by atoms with Gasteiger partial charge in [0.15, 0.2) is 0 Å². The molecular weight excluding hydrogens is 296 g/mol. The van der Waals surface area contributed by atoms with Gasteiger partial charge in [-0.15, -0.1) is 0 Å². The number of hydrogen-bond donors (Lipinski definition) is 0. The molecule has 0 amide bonds. The van der Waals surface area contributed by atoms with Gasteiger partial charge in [0, 0.05) is 25.0 Å². The first kappa shape index (κ1) is 13.9.